The summed E-state index contributed by atoms with van der Waals surface area (Å²) in [5.74, 6) is -1.98. The van der Waals surface area contributed by atoms with Crippen LogP contribution in [0.15, 0.2) is 42.5 Å². The van der Waals surface area contributed by atoms with E-state index in [1.54, 1.807) is 6.07 Å². The molecule has 0 atom stereocenters. The summed E-state index contributed by atoms with van der Waals surface area (Å²) < 4.78 is 9.48. The molecular formula is C22H24N2O6. The maximum Gasteiger partial charge on any atom is 0.337 e. The highest BCUT2D eigenvalue weighted by Crippen LogP contribution is 2.14. The van der Waals surface area contributed by atoms with Crippen molar-refractivity contribution in [2.24, 2.45) is 0 Å². The summed E-state index contributed by atoms with van der Waals surface area (Å²) in [5.41, 5.74) is 3.62. The van der Waals surface area contributed by atoms with Crippen LogP contribution in [0.1, 0.15) is 34.3 Å². The van der Waals surface area contributed by atoms with E-state index in [2.05, 4.69) is 15.4 Å². The van der Waals surface area contributed by atoms with Crippen molar-refractivity contribution in [3.63, 3.8) is 0 Å². The average molecular weight is 412 g/mol. The van der Waals surface area contributed by atoms with Gasteiger partial charge in [-0.2, -0.15) is 0 Å². The molecule has 0 radical (unpaired) electrons. The van der Waals surface area contributed by atoms with Crippen molar-refractivity contribution in [1.29, 1.82) is 0 Å². The molecule has 2 amide bonds. The second kappa shape index (κ2) is 10.8. The molecule has 0 saturated carbocycles. The van der Waals surface area contributed by atoms with E-state index in [1.165, 1.54) is 31.4 Å². The lowest BCUT2D eigenvalue weighted by molar-refractivity contribution is -0.147. The molecule has 8 heteroatoms. The zero-order chi connectivity index (χ0) is 22.1. The summed E-state index contributed by atoms with van der Waals surface area (Å²) in [7, 11) is 1.28. The summed E-state index contributed by atoms with van der Waals surface area (Å²) in [5, 5.41) is 5.26. The Balaban J connectivity index is 1.70. The summed E-state index contributed by atoms with van der Waals surface area (Å²) in [4.78, 5) is 47.0. The van der Waals surface area contributed by atoms with Gasteiger partial charge in [-0.05, 0) is 61.4 Å². The lowest BCUT2D eigenvalue weighted by atomic mass is 10.1. The lowest BCUT2D eigenvalue weighted by Crippen LogP contribution is -2.21. The minimum absolute atomic E-state index is 0.0532. The normalized spacial score (nSPS) is 10.1. The zero-order valence-electron chi connectivity index (χ0n) is 17.1. The van der Waals surface area contributed by atoms with Gasteiger partial charge in [0.15, 0.2) is 6.61 Å². The number of ether oxygens (including phenoxy) is 2. The van der Waals surface area contributed by atoms with Gasteiger partial charge in [0, 0.05) is 17.8 Å². The molecule has 2 aromatic carbocycles. The van der Waals surface area contributed by atoms with Gasteiger partial charge in [-0.15, -0.1) is 0 Å². The number of methoxy groups -OCH3 is 1. The number of aryl methyl sites for hydroxylation is 2. The lowest BCUT2D eigenvalue weighted by Gasteiger charge is -2.08. The van der Waals surface area contributed by atoms with Gasteiger partial charge in [-0.25, -0.2) is 4.79 Å². The van der Waals surface area contributed by atoms with Crippen LogP contribution in [0.3, 0.4) is 0 Å². The Morgan fingerprint density at radius 1 is 0.800 bits per heavy atom. The minimum atomic E-state index is -0.651. The third-order valence-electron chi connectivity index (χ3n) is 4.30. The molecule has 0 spiro atoms. The smallest absolute Gasteiger partial charge is 0.337 e. The first-order chi connectivity index (χ1) is 14.3. The van der Waals surface area contributed by atoms with Gasteiger partial charge in [-0.3, -0.25) is 14.4 Å². The Morgan fingerprint density at radius 3 is 2.07 bits per heavy atom. The van der Waals surface area contributed by atoms with E-state index in [-0.39, 0.29) is 18.7 Å². The van der Waals surface area contributed by atoms with Crippen LogP contribution in [0.5, 0.6) is 0 Å². The second-order valence-electron chi connectivity index (χ2n) is 6.63. The van der Waals surface area contributed by atoms with Crippen LogP contribution >= 0.6 is 0 Å². The predicted molar refractivity (Wildman–Crippen MR) is 111 cm³/mol. The highest BCUT2D eigenvalue weighted by Gasteiger charge is 2.12. The Bertz CT molecular complexity index is 937. The van der Waals surface area contributed by atoms with Gasteiger partial charge in [0.25, 0.3) is 5.91 Å². The number of carbonyl (C=O) groups excluding carboxylic acids is 4. The fourth-order valence-corrected chi connectivity index (χ4v) is 2.48. The van der Waals surface area contributed by atoms with Crippen molar-refractivity contribution in [1.82, 2.24) is 0 Å². The van der Waals surface area contributed by atoms with Gasteiger partial charge in [0.05, 0.1) is 19.1 Å². The van der Waals surface area contributed by atoms with E-state index in [4.69, 9.17) is 4.74 Å². The van der Waals surface area contributed by atoms with Crippen LogP contribution in [0.25, 0.3) is 0 Å². The Hall–Kier alpha value is -3.68. The van der Waals surface area contributed by atoms with E-state index in [0.29, 0.717) is 16.9 Å². The number of nitrogens with one attached hydrogen (secondary N) is 2. The molecule has 2 rings (SSSR count). The van der Waals surface area contributed by atoms with E-state index < -0.39 is 24.5 Å². The van der Waals surface area contributed by atoms with Crippen LogP contribution in [0.4, 0.5) is 11.4 Å². The topological polar surface area (TPSA) is 111 Å². The number of esters is 2. The number of hydrogen-bond acceptors (Lipinski definition) is 6. The maximum atomic E-state index is 12.0. The Kier molecular flexibility index (Phi) is 8.10. The van der Waals surface area contributed by atoms with Crippen LogP contribution in [-0.2, 0) is 23.9 Å². The van der Waals surface area contributed by atoms with Crippen molar-refractivity contribution >= 4 is 35.1 Å². The molecule has 0 bridgehead atoms. The van der Waals surface area contributed by atoms with E-state index >= 15 is 0 Å². The monoisotopic (exact) mass is 412 g/mol. The molecule has 0 aromatic heterocycles. The number of carbonyl (C=O) groups is 4. The standard InChI is InChI=1S/C22H24N2O6/c1-14-4-7-18(12-15(14)2)24-19(25)10-11-21(27)30-13-20(26)23-17-8-5-16(6-9-17)22(28)29-3/h4-9,12H,10-11,13H2,1-3H3,(H,23,26)(H,24,25). The van der Waals surface area contributed by atoms with E-state index in [9.17, 15) is 19.2 Å². The first-order valence-corrected chi connectivity index (χ1v) is 9.29. The van der Waals surface area contributed by atoms with Crippen LogP contribution in [-0.4, -0.2) is 37.5 Å². The number of amides is 2. The first-order valence-electron chi connectivity index (χ1n) is 9.29. The molecule has 2 aromatic rings. The largest absolute Gasteiger partial charge is 0.465 e. The van der Waals surface area contributed by atoms with Crippen molar-refractivity contribution in [3.8, 4) is 0 Å². The van der Waals surface area contributed by atoms with Crippen molar-refractivity contribution < 1.29 is 28.7 Å². The fourth-order valence-electron chi connectivity index (χ4n) is 2.48. The van der Waals surface area contributed by atoms with Gasteiger partial charge in [0.1, 0.15) is 0 Å². The van der Waals surface area contributed by atoms with E-state index in [0.717, 1.165) is 11.1 Å². The highest BCUT2D eigenvalue weighted by atomic mass is 16.5. The zero-order valence-corrected chi connectivity index (χ0v) is 17.1. The Morgan fingerprint density at radius 2 is 1.43 bits per heavy atom. The van der Waals surface area contributed by atoms with Gasteiger partial charge >= 0.3 is 11.9 Å². The molecule has 8 nitrogen and oxygen atoms in total. The molecule has 0 aliphatic rings. The second-order valence-corrected chi connectivity index (χ2v) is 6.63. The summed E-state index contributed by atoms with van der Waals surface area (Å²) in [6, 6.07) is 11.6. The third kappa shape index (κ3) is 7.05. The predicted octanol–water partition coefficient (Wildman–Crippen LogP) is 2.99. The average Bonchev–Trinajstić information content (AvgIpc) is 2.73. The summed E-state index contributed by atoms with van der Waals surface area (Å²) >= 11 is 0. The molecule has 0 unspecified atom stereocenters. The number of anilines is 2. The van der Waals surface area contributed by atoms with Crippen LogP contribution in [0, 0.1) is 13.8 Å². The van der Waals surface area contributed by atoms with E-state index in [1.807, 2.05) is 26.0 Å². The Labute approximate surface area is 174 Å². The SMILES string of the molecule is COC(=O)c1ccc(NC(=O)COC(=O)CCC(=O)Nc2ccc(C)c(C)c2)cc1. The van der Waals surface area contributed by atoms with Gasteiger partial charge < -0.3 is 20.1 Å². The molecule has 0 aliphatic carbocycles. The maximum absolute atomic E-state index is 12.0. The van der Waals surface area contributed by atoms with Crippen molar-refractivity contribution in [2.45, 2.75) is 26.7 Å². The van der Waals surface area contributed by atoms with Gasteiger partial charge in [0.2, 0.25) is 5.91 Å². The number of rotatable bonds is 8. The quantitative estimate of drug-likeness (QED) is 0.645. The highest BCUT2D eigenvalue weighted by molar-refractivity contribution is 5.95. The number of hydrogen-bond donors (Lipinski definition) is 2. The molecule has 0 aliphatic heterocycles. The van der Waals surface area contributed by atoms with Gasteiger partial charge in [-0.1, -0.05) is 6.07 Å². The summed E-state index contributed by atoms with van der Waals surface area (Å²) in [6.07, 6.45) is -0.194. The third-order valence-corrected chi connectivity index (χ3v) is 4.30. The molecule has 30 heavy (non-hydrogen) atoms. The minimum Gasteiger partial charge on any atom is -0.465 e. The molecule has 158 valence electrons. The molecule has 0 saturated heterocycles. The van der Waals surface area contributed by atoms with Crippen molar-refractivity contribution in [2.75, 3.05) is 24.4 Å². The molecular weight excluding hydrogens is 388 g/mol. The molecule has 2 N–H and O–H groups in total. The van der Waals surface area contributed by atoms with Crippen LogP contribution < -0.4 is 10.6 Å². The molecule has 0 fully saturated rings. The number of benzene rings is 2. The van der Waals surface area contributed by atoms with Crippen LogP contribution in [0.2, 0.25) is 0 Å². The molecule has 0 heterocycles. The summed E-state index contributed by atoms with van der Waals surface area (Å²) in [6.45, 7) is 3.45. The van der Waals surface area contributed by atoms with Crippen molar-refractivity contribution in [3.05, 3.63) is 59.2 Å². The fraction of sp³-hybridized carbons (Fsp3) is 0.273. The first kappa shape index (κ1) is 22.6.